The molecule has 1 aliphatic heterocycles. The number of carboxylic acid groups (broad SMARTS) is 1. The summed E-state index contributed by atoms with van der Waals surface area (Å²) in [5.74, 6) is -1.31. The van der Waals surface area contributed by atoms with Crippen LogP contribution in [0.1, 0.15) is 36.8 Å². The number of allylic oxidation sites excluding steroid dienone is 1. The summed E-state index contributed by atoms with van der Waals surface area (Å²) in [4.78, 5) is 38.3. The first-order valence-corrected chi connectivity index (χ1v) is 11.1. The summed E-state index contributed by atoms with van der Waals surface area (Å²) in [6, 6.07) is 15.4. The number of ether oxygens (including phenoxy) is 1. The number of rotatable bonds is 8. The van der Waals surface area contributed by atoms with E-state index >= 15 is 0 Å². The molecule has 2 aromatic rings. The summed E-state index contributed by atoms with van der Waals surface area (Å²) in [5.41, 5.74) is 3.56. The van der Waals surface area contributed by atoms with E-state index in [-0.39, 0.29) is 31.5 Å². The smallest absolute Gasteiger partial charge is 0.407 e. The maximum atomic E-state index is 12.9. The number of nitrogens with zero attached hydrogens (tertiary/aromatic N) is 1. The largest absolute Gasteiger partial charge is 0.481 e. The number of hydrogen-bond acceptors (Lipinski definition) is 4. The lowest BCUT2D eigenvalue weighted by Gasteiger charge is -2.46. The molecule has 0 bridgehead atoms. The second-order valence-electron chi connectivity index (χ2n) is 8.95. The molecule has 0 radical (unpaired) electrons. The zero-order valence-corrected chi connectivity index (χ0v) is 18.6. The minimum atomic E-state index is -0.942. The molecule has 2 aliphatic rings. The second kappa shape index (κ2) is 9.10. The quantitative estimate of drug-likeness (QED) is 0.599. The van der Waals surface area contributed by atoms with Crippen molar-refractivity contribution in [3.8, 4) is 11.1 Å². The first-order valence-electron chi connectivity index (χ1n) is 11.1. The minimum absolute atomic E-state index is 0.0721. The molecule has 1 unspecified atom stereocenters. The third-order valence-electron chi connectivity index (χ3n) is 6.50. The normalized spacial score (nSPS) is 16.7. The van der Waals surface area contributed by atoms with Crippen LogP contribution < -0.4 is 5.32 Å². The fourth-order valence-electron chi connectivity index (χ4n) is 4.63. The zero-order chi connectivity index (χ0) is 23.6. The molecule has 4 rings (SSSR count). The summed E-state index contributed by atoms with van der Waals surface area (Å²) in [5, 5.41) is 12.0. The van der Waals surface area contributed by atoms with Crippen LogP contribution >= 0.6 is 0 Å². The van der Waals surface area contributed by atoms with E-state index in [9.17, 15) is 19.5 Å². The topological polar surface area (TPSA) is 95.9 Å². The van der Waals surface area contributed by atoms with Crippen LogP contribution in [0.2, 0.25) is 0 Å². The van der Waals surface area contributed by atoms with Crippen molar-refractivity contribution >= 4 is 18.0 Å². The number of carbonyl (C=O) groups excluding carboxylic acids is 2. The van der Waals surface area contributed by atoms with Gasteiger partial charge in [-0.3, -0.25) is 9.59 Å². The molecule has 1 heterocycles. The number of hydrogen-bond donors (Lipinski definition) is 2. The number of nitrogens with one attached hydrogen (secondary N) is 1. The fourth-order valence-corrected chi connectivity index (χ4v) is 4.63. The summed E-state index contributed by atoms with van der Waals surface area (Å²) in [6.07, 6.45) is 1.91. The van der Waals surface area contributed by atoms with Crippen LogP contribution in [0.5, 0.6) is 0 Å². The Morgan fingerprint density at radius 1 is 1.15 bits per heavy atom. The number of benzene rings is 2. The van der Waals surface area contributed by atoms with Crippen molar-refractivity contribution in [2.75, 3.05) is 19.7 Å². The molecule has 0 spiro atoms. The van der Waals surface area contributed by atoms with Crippen LogP contribution in [0.3, 0.4) is 0 Å². The summed E-state index contributed by atoms with van der Waals surface area (Å²) in [7, 11) is 0. The van der Waals surface area contributed by atoms with Gasteiger partial charge >= 0.3 is 12.1 Å². The van der Waals surface area contributed by atoms with Crippen LogP contribution in [-0.2, 0) is 14.3 Å². The van der Waals surface area contributed by atoms with Gasteiger partial charge in [0.25, 0.3) is 0 Å². The van der Waals surface area contributed by atoms with E-state index in [1.165, 1.54) is 4.90 Å². The third-order valence-corrected chi connectivity index (χ3v) is 6.50. The van der Waals surface area contributed by atoms with Crippen molar-refractivity contribution in [1.82, 2.24) is 10.2 Å². The van der Waals surface area contributed by atoms with Gasteiger partial charge in [-0.1, -0.05) is 54.6 Å². The average molecular weight is 449 g/mol. The first-order chi connectivity index (χ1) is 15.8. The number of carboxylic acids is 1. The number of alkyl carbamates (subject to hydrolysis) is 1. The van der Waals surface area contributed by atoms with Crippen molar-refractivity contribution in [2.24, 2.45) is 5.41 Å². The molecular weight excluding hydrogens is 420 g/mol. The predicted octanol–water partition coefficient (Wildman–Crippen LogP) is 3.79. The molecule has 1 aliphatic carbocycles. The monoisotopic (exact) mass is 448 g/mol. The molecule has 1 fully saturated rings. The van der Waals surface area contributed by atoms with Crippen molar-refractivity contribution in [3.05, 3.63) is 72.3 Å². The molecule has 172 valence electrons. The number of fused-ring (bicyclic) bond motifs is 3. The Bertz CT molecular complexity index is 1040. The van der Waals surface area contributed by atoms with Gasteiger partial charge in [0.15, 0.2) is 0 Å². The summed E-state index contributed by atoms with van der Waals surface area (Å²) >= 11 is 0. The van der Waals surface area contributed by atoms with Crippen LogP contribution in [0.4, 0.5) is 4.79 Å². The zero-order valence-electron chi connectivity index (χ0n) is 18.6. The van der Waals surface area contributed by atoms with Gasteiger partial charge in [0.2, 0.25) is 5.91 Å². The summed E-state index contributed by atoms with van der Waals surface area (Å²) < 4.78 is 5.57. The minimum Gasteiger partial charge on any atom is -0.481 e. The highest BCUT2D eigenvalue weighted by Gasteiger charge is 2.48. The Kier molecular flexibility index (Phi) is 6.22. The lowest BCUT2D eigenvalue weighted by Crippen LogP contribution is -2.64. The summed E-state index contributed by atoms with van der Waals surface area (Å²) in [6.45, 7) is 5.69. The Morgan fingerprint density at radius 2 is 1.73 bits per heavy atom. The molecule has 33 heavy (non-hydrogen) atoms. The van der Waals surface area contributed by atoms with E-state index in [0.29, 0.717) is 12.8 Å². The van der Waals surface area contributed by atoms with Crippen molar-refractivity contribution < 1.29 is 24.2 Å². The van der Waals surface area contributed by atoms with E-state index in [1.807, 2.05) is 36.4 Å². The van der Waals surface area contributed by atoms with Crippen LogP contribution in [0.25, 0.3) is 11.1 Å². The SMILES string of the molecule is C=CCCC(NC(=O)OCC1c2ccccc2-c2ccccc21)C(=O)N1CC(C)(C(=O)O)C1. The van der Waals surface area contributed by atoms with Gasteiger partial charge < -0.3 is 20.1 Å². The molecule has 2 aromatic carbocycles. The second-order valence-corrected chi connectivity index (χ2v) is 8.95. The van der Waals surface area contributed by atoms with Crippen molar-refractivity contribution in [2.45, 2.75) is 31.7 Å². The molecular formula is C26H28N2O5. The Morgan fingerprint density at radius 3 is 2.27 bits per heavy atom. The molecule has 2 N–H and O–H groups in total. The van der Waals surface area contributed by atoms with Crippen LogP contribution in [-0.4, -0.2) is 53.7 Å². The van der Waals surface area contributed by atoms with Gasteiger partial charge in [0.05, 0.1) is 5.41 Å². The molecule has 0 aromatic heterocycles. The predicted molar refractivity (Wildman–Crippen MR) is 124 cm³/mol. The number of carbonyl (C=O) groups is 3. The molecule has 1 saturated heterocycles. The van der Waals surface area contributed by atoms with E-state index in [0.717, 1.165) is 22.3 Å². The van der Waals surface area contributed by atoms with Gasteiger partial charge in [0.1, 0.15) is 12.6 Å². The lowest BCUT2D eigenvalue weighted by atomic mass is 9.81. The molecule has 0 saturated carbocycles. The standard InChI is InChI=1S/C26H28N2O5/c1-3-4-13-22(23(29)28-15-26(2,16-28)24(30)31)27-25(32)33-14-21-19-11-7-5-9-17(19)18-10-6-8-12-20(18)21/h3,5-12,21-22H,1,4,13-16H2,2H3,(H,27,32)(H,30,31). The number of likely N-dealkylation sites (tertiary alicyclic amines) is 1. The van der Waals surface area contributed by atoms with E-state index in [2.05, 4.69) is 24.0 Å². The van der Waals surface area contributed by atoms with Crippen molar-refractivity contribution in [3.63, 3.8) is 0 Å². The lowest BCUT2D eigenvalue weighted by molar-refractivity contribution is -0.164. The van der Waals surface area contributed by atoms with Crippen molar-refractivity contribution in [1.29, 1.82) is 0 Å². The molecule has 7 heteroatoms. The number of aliphatic carboxylic acids is 1. The fraction of sp³-hybridized carbons (Fsp3) is 0.346. The molecule has 7 nitrogen and oxygen atoms in total. The maximum Gasteiger partial charge on any atom is 0.407 e. The Labute approximate surface area is 193 Å². The number of amides is 2. The Balaban J connectivity index is 1.40. The highest BCUT2D eigenvalue weighted by molar-refractivity contribution is 5.89. The van der Waals surface area contributed by atoms with Gasteiger partial charge in [-0.25, -0.2) is 4.79 Å². The highest BCUT2D eigenvalue weighted by atomic mass is 16.5. The van der Waals surface area contributed by atoms with E-state index in [1.54, 1.807) is 13.0 Å². The molecule has 1 atom stereocenters. The highest BCUT2D eigenvalue weighted by Crippen LogP contribution is 2.44. The van der Waals surface area contributed by atoms with E-state index in [4.69, 9.17) is 4.74 Å². The third kappa shape index (κ3) is 4.35. The van der Waals surface area contributed by atoms with Crippen LogP contribution in [0, 0.1) is 5.41 Å². The maximum absolute atomic E-state index is 12.9. The van der Waals surface area contributed by atoms with Crippen LogP contribution in [0.15, 0.2) is 61.2 Å². The van der Waals surface area contributed by atoms with Gasteiger partial charge in [-0.2, -0.15) is 0 Å². The van der Waals surface area contributed by atoms with Gasteiger partial charge in [-0.15, -0.1) is 6.58 Å². The Hall–Kier alpha value is -3.61. The average Bonchev–Trinajstić information content (AvgIpc) is 3.11. The van der Waals surface area contributed by atoms with E-state index < -0.39 is 23.5 Å². The first kappa shape index (κ1) is 22.6. The molecule has 2 amide bonds. The van der Waals surface area contributed by atoms with Gasteiger partial charge in [-0.05, 0) is 42.0 Å². The van der Waals surface area contributed by atoms with Gasteiger partial charge in [0, 0.05) is 19.0 Å².